The molecule has 2 rings (SSSR count). The van der Waals surface area contributed by atoms with Gasteiger partial charge >= 0.3 is 0 Å². The van der Waals surface area contributed by atoms with Crippen LogP contribution < -0.4 is 5.32 Å². The van der Waals surface area contributed by atoms with E-state index in [4.69, 9.17) is 11.6 Å². The smallest absolute Gasteiger partial charge is 0.257 e. The molecule has 0 saturated heterocycles. The van der Waals surface area contributed by atoms with Gasteiger partial charge in [0.05, 0.1) is 32.4 Å². The van der Waals surface area contributed by atoms with E-state index in [1.807, 2.05) is 6.26 Å². The van der Waals surface area contributed by atoms with E-state index in [2.05, 4.69) is 10.3 Å². The highest BCUT2D eigenvalue weighted by molar-refractivity contribution is 7.98. The molecule has 1 heterocycles. The number of carbonyl (C=O) groups excluding carboxylic acids is 1. The van der Waals surface area contributed by atoms with Crippen LogP contribution >= 0.6 is 23.4 Å². The predicted octanol–water partition coefficient (Wildman–Crippen LogP) is 3.74. The van der Waals surface area contributed by atoms with Crippen LogP contribution in [-0.4, -0.2) is 43.0 Å². The van der Waals surface area contributed by atoms with Crippen LogP contribution in [0.5, 0.6) is 0 Å². The Morgan fingerprint density at radius 3 is 2.50 bits per heavy atom. The Kier molecular flexibility index (Phi) is 6.68. The molecule has 0 unspecified atom stereocenters. The molecular weight excluding hydrogens is 394 g/mol. The van der Waals surface area contributed by atoms with Crippen molar-refractivity contribution in [2.75, 3.05) is 18.6 Å². The van der Waals surface area contributed by atoms with E-state index in [1.54, 1.807) is 26.0 Å². The Morgan fingerprint density at radius 1 is 1.27 bits per heavy atom. The third-order valence-electron chi connectivity index (χ3n) is 3.79. The zero-order chi connectivity index (χ0) is 19.5. The van der Waals surface area contributed by atoms with Crippen molar-refractivity contribution in [3.05, 3.63) is 47.1 Å². The van der Waals surface area contributed by atoms with E-state index in [0.29, 0.717) is 5.69 Å². The lowest BCUT2D eigenvalue weighted by molar-refractivity contribution is 0.102. The van der Waals surface area contributed by atoms with Crippen molar-refractivity contribution in [1.29, 1.82) is 0 Å². The molecule has 140 valence electrons. The number of halogens is 1. The second-order valence-electron chi connectivity index (χ2n) is 5.80. The van der Waals surface area contributed by atoms with Crippen LogP contribution in [0, 0.1) is 0 Å². The first-order valence-electron chi connectivity index (χ1n) is 7.75. The second kappa shape index (κ2) is 8.39. The van der Waals surface area contributed by atoms with Gasteiger partial charge in [0, 0.05) is 13.1 Å². The van der Waals surface area contributed by atoms with Crippen molar-refractivity contribution in [3.63, 3.8) is 0 Å². The first-order valence-corrected chi connectivity index (χ1v) is 10.8. The molecule has 0 aliphatic heterocycles. The number of nitrogens with one attached hydrogen (secondary N) is 1. The van der Waals surface area contributed by atoms with Gasteiger partial charge in [-0.15, -0.1) is 11.8 Å². The molecule has 0 atom stereocenters. The number of benzene rings is 1. The van der Waals surface area contributed by atoms with E-state index in [9.17, 15) is 13.2 Å². The zero-order valence-electron chi connectivity index (χ0n) is 14.9. The third kappa shape index (κ3) is 4.56. The number of thioether (sulfide) groups is 1. The summed E-state index contributed by atoms with van der Waals surface area (Å²) in [6, 6.07) is 7.37. The topological polar surface area (TPSA) is 79.4 Å². The molecule has 0 spiro atoms. The van der Waals surface area contributed by atoms with Crippen LogP contribution in [0.25, 0.3) is 0 Å². The van der Waals surface area contributed by atoms with Crippen molar-refractivity contribution < 1.29 is 13.2 Å². The van der Waals surface area contributed by atoms with Gasteiger partial charge in [-0.2, -0.15) is 4.31 Å². The van der Waals surface area contributed by atoms with Crippen molar-refractivity contribution in [2.45, 2.75) is 29.8 Å². The van der Waals surface area contributed by atoms with Crippen molar-refractivity contribution in [3.8, 4) is 0 Å². The molecular formula is C17H20ClN3O3S2. The lowest BCUT2D eigenvalue weighted by Gasteiger charge is -2.21. The normalized spacial score (nSPS) is 11.8. The Labute approximate surface area is 163 Å². The maximum absolute atomic E-state index is 12.6. The van der Waals surface area contributed by atoms with Gasteiger partial charge in [-0.25, -0.2) is 13.4 Å². The van der Waals surface area contributed by atoms with E-state index >= 15 is 0 Å². The predicted molar refractivity (Wildman–Crippen MR) is 106 cm³/mol. The Bertz CT molecular complexity index is 900. The lowest BCUT2D eigenvalue weighted by atomic mass is 10.2. The van der Waals surface area contributed by atoms with Gasteiger partial charge < -0.3 is 5.32 Å². The summed E-state index contributed by atoms with van der Waals surface area (Å²) in [5.74, 6) is -0.502. The largest absolute Gasteiger partial charge is 0.321 e. The third-order valence-corrected chi connectivity index (χ3v) is 6.81. The van der Waals surface area contributed by atoms with Crippen molar-refractivity contribution in [1.82, 2.24) is 9.29 Å². The SMILES string of the molecule is CSc1ccc(NC(=O)c2cc(S(=O)(=O)N(C)C(C)C)ccc2Cl)cn1. The minimum Gasteiger partial charge on any atom is -0.321 e. The lowest BCUT2D eigenvalue weighted by Crippen LogP contribution is -2.33. The van der Waals surface area contributed by atoms with Crippen molar-refractivity contribution in [2.24, 2.45) is 0 Å². The van der Waals surface area contributed by atoms with Gasteiger partial charge in [0.25, 0.3) is 5.91 Å². The highest BCUT2D eigenvalue weighted by atomic mass is 35.5. The number of hydrogen-bond donors (Lipinski definition) is 1. The highest BCUT2D eigenvalue weighted by Crippen LogP contribution is 2.24. The molecule has 0 radical (unpaired) electrons. The Morgan fingerprint density at radius 2 is 1.96 bits per heavy atom. The number of anilines is 1. The summed E-state index contributed by atoms with van der Waals surface area (Å²) >= 11 is 7.60. The van der Waals surface area contributed by atoms with Crippen LogP contribution in [0.4, 0.5) is 5.69 Å². The summed E-state index contributed by atoms with van der Waals surface area (Å²) in [5, 5.41) is 3.67. The average Bonchev–Trinajstić information content (AvgIpc) is 2.61. The number of nitrogens with zero attached hydrogens (tertiary/aromatic N) is 2. The summed E-state index contributed by atoms with van der Waals surface area (Å²) in [7, 11) is -2.22. The molecule has 1 amide bonds. The van der Waals surface area contributed by atoms with Crippen LogP contribution in [0.3, 0.4) is 0 Å². The minimum absolute atomic E-state index is 0.0131. The van der Waals surface area contributed by atoms with Gasteiger partial charge in [-0.05, 0) is 50.4 Å². The molecule has 9 heteroatoms. The summed E-state index contributed by atoms with van der Waals surface area (Å²) in [6.07, 6.45) is 3.44. The quantitative estimate of drug-likeness (QED) is 0.729. The maximum atomic E-state index is 12.6. The number of pyridine rings is 1. The van der Waals surface area contributed by atoms with Gasteiger partial charge in [-0.3, -0.25) is 4.79 Å². The van der Waals surface area contributed by atoms with Gasteiger partial charge in [0.15, 0.2) is 0 Å². The molecule has 6 nitrogen and oxygen atoms in total. The molecule has 0 aliphatic carbocycles. The first kappa shape index (κ1) is 20.7. The monoisotopic (exact) mass is 413 g/mol. The molecule has 0 bridgehead atoms. The summed E-state index contributed by atoms with van der Waals surface area (Å²) in [6.45, 7) is 3.54. The molecule has 0 saturated carbocycles. The van der Waals surface area contributed by atoms with Gasteiger partial charge in [0.2, 0.25) is 10.0 Å². The Hall–Kier alpha value is -1.61. The summed E-state index contributed by atoms with van der Waals surface area (Å²) in [5.41, 5.74) is 0.579. The maximum Gasteiger partial charge on any atom is 0.257 e. The van der Waals surface area contributed by atoms with Crippen LogP contribution in [-0.2, 0) is 10.0 Å². The average molecular weight is 414 g/mol. The molecule has 1 aromatic heterocycles. The second-order valence-corrected chi connectivity index (χ2v) is 9.03. The minimum atomic E-state index is -3.71. The van der Waals surface area contributed by atoms with E-state index in [1.165, 1.54) is 47.5 Å². The van der Waals surface area contributed by atoms with Crippen LogP contribution in [0.1, 0.15) is 24.2 Å². The summed E-state index contributed by atoms with van der Waals surface area (Å²) < 4.78 is 26.5. The number of carbonyl (C=O) groups is 1. The number of amides is 1. The molecule has 26 heavy (non-hydrogen) atoms. The molecule has 1 N–H and O–H groups in total. The van der Waals surface area contributed by atoms with Crippen LogP contribution in [0.15, 0.2) is 46.5 Å². The Balaban J connectivity index is 2.32. The molecule has 0 fully saturated rings. The fourth-order valence-electron chi connectivity index (χ4n) is 2.06. The van der Waals surface area contributed by atoms with E-state index in [0.717, 1.165) is 5.03 Å². The zero-order valence-corrected chi connectivity index (χ0v) is 17.2. The number of hydrogen-bond acceptors (Lipinski definition) is 5. The number of aromatic nitrogens is 1. The highest BCUT2D eigenvalue weighted by Gasteiger charge is 2.25. The standard InChI is InChI=1S/C17H20ClN3O3S2/c1-11(2)21(3)26(23,24)13-6-7-15(18)14(9-13)17(22)20-12-5-8-16(25-4)19-10-12/h5-11H,1-4H3,(H,20,22). The van der Waals surface area contributed by atoms with E-state index < -0.39 is 15.9 Å². The van der Waals surface area contributed by atoms with Crippen molar-refractivity contribution >= 4 is 45.0 Å². The number of sulfonamides is 1. The fraction of sp³-hybridized carbons (Fsp3) is 0.294. The summed E-state index contributed by atoms with van der Waals surface area (Å²) in [4.78, 5) is 16.7. The van der Waals surface area contributed by atoms with Crippen LogP contribution in [0.2, 0.25) is 5.02 Å². The van der Waals surface area contributed by atoms with Gasteiger partial charge in [-0.1, -0.05) is 11.6 Å². The number of rotatable bonds is 6. The van der Waals surface area contributed by atoms with Gasteiger partial charge in [0.1, 0.15) is 0 Å². The molecule has 1 aromatic carbocycles. The van der Waals surface area contributed by atoms with E-state index in [-0.39, 0.29) is 21.5 Å². The fourth-order valence-corrected chi connectivity index (χ4v) is 4.02. The first-order chi connectivity index (χ1) is 12.2. The molecule has 2 aromatic rings. The molecule has 0 aliphatic rings.